The van der Waals surface area contributed by atoms with Crippen LogP contribution in [0.2, 0.25) is 0 Å². The Kier molecular flexibility index (Phi) is 7.68. The fraction of sp³-hybridized carbons (Fsp3) is 0.333. The van der Waals surface area contributed by atoms with E-state index in [4.69, 9.17) is 4.74 Å². The van der Waals surface area contributed by atoms with E-state index in [1.165, 1.54) is 12.1 Å². The first-order valence-electron chi connectivity index (χ1n) is 11.6. The molecule has 1 N–H and O–H groups in total. The highest BCUT2D eigenvalue weighted by Crippen LogP contribution is 2.22. The summed E-state index contributed by atoms with van der Waals surface area (Å²) >= 11 is 0. The average molecular weight is 448 g/mol. The van der Waals surface area contributed by atoms with Crippen molar-refractivity contribution in [2.45, 2.75) is 44.9 Å². The average Bonchev–Trinajstić information content (AvgIpc) is 2.85. The Morgan fingerprint density at radius 1 is 1.09 bits per heavy atom. The zero-order valence-electron chi connectivity index (χ0n) is 18.9. The maximum atomic E-state index is 13.2. The van der Waals surface area contributed by atoms with Crippen molar-refractivity contribution in [3.05, 3.63) is 95.6 Å². The van der Waals surface area contributed by atoms with E-state index in [2.05, 4.69) is 21.3 Å². The first-order valence-corrected chi connectivity index (χ1v) is 11.6. The molecular formula is C27H30FN3O2. The van der Waals surface area contributed by atoms with Crippen LogP contribution in [0.25, 0.3) is 0 Å². The smallest absolute Gasteiger partial charge is 0.251 e. The van der Waals surface area contributed by atoms with E-state index in [1.54, 1.807) is 24.3 Å². The van der Waals surface area contributed by atoms with Gasteiger partial charge in [0.15, 0.2) is 0 Å². The summed E-state index contributed by atoms with van der Waals surface area (Å²) in [6.07, 6.45) is 4.65. The van der Waals surface area contributed by atoms with Crippen LogP contribution in [0.1, 0.15) is 53.8 Å². The molecule has 0 radical (unpaired) electrons. The second-order valence-corrected chi connectivity index (χ2v) is 8.42. The number of hydrogen-bond acceptors (Lipinski definition) is 4. The summed E-state index contributed by atoms with van der Waals surface area (Å²) in [5.41, 5.74) is 2.56. The molecule has 1 amide bonds. The van der Waals surface area contributed by atoms with Crippen molar-refractivity contribution in [3.8, 4) is 5.75 Å². The Hall–Kier alpha value is -3.25. The van der Waals surface area contributed by atoms with Gasteiger partial charge in [-0.25, -0.2) is 4.39 Å². The van der Waals surface area contributed by atoms with Crippen LogP contribution in [0.5, 0.6) is 5.75 Å². The lowest BCUT2D eigenvalue weighted by Crippen LogP contribution is -2.37. The Bertz CT molecular complexity index is 1020. The number of ether oxygens (including phenoxy) is 1. The summed E-state index contributed by atoms with van der Waals surface area (Å²) < 4.78 is 19.4. The summed E-state index contributed by atoms with van der Waals surface area (Å²) in [6.45, 7) is 4.81. The Morgan fingerprint density at radius 3 is 2.45 bits per heavy atom. The van der Waals surface area contributed by atoms with Crippen molar-refractivity contribution in [2.75, 3.05) is 13.1 Å². The van der Waals surface area contributed by atoms with E-state index >= 15 is 0 Å². The number of carbonyl (C=O) groups is 1. The largest absolute Gasteiger partial charge is 0.490 e. The second kappa shape index (κ2) is 11.1. The minimum absolute atomic E-state index is 0.152. The van der Waals surface area contributed by atoms with Crippen LogP contribution in [-0.4, -0.2) is 35.0 Å². The Morgan fingerprint density at radius 2 is 1.82 bits per heavy atom. The van der Waals surface area contributed by atoms with E-state index < -0.39 is 0 Å². The summed E-state index contributed by atoms with van der Waals surface area (Å²) in [5.74, 6) is 0.343. The molecule has 1 aliphatic heterocycles. The highest BCUT2D eigenvalue weighted by Gasteiger charge is 2.21. The molecule has 6 heteroatoms. The van der Waals surface area contributed by atoms with Crippen molar-refractivity contribution < 1.29 is 13.9 Å². The molecule has 0 unspecified atom stereocenters. The predicted octanol–water partition coefficient (Wildman–Crippen LogP) is 5.15. The van der Waals surface area contributed by atoms with Crippen molar-refractivity contribution in [3.63, 3.8) is 0 Å². The minimum Gasteiger partial charge on any atom is -0.490 e. The van der Waals surface area contributed by atoms with Crippen LogP contribution in [0.3, 0.4) is 0 Å². The third kappa shape index (κ3) is 6.39. The molecular weight excluding hydrogens is 417 g/mol. The van der Waals surface area contributed by atoms with Gasteiger partial charge in [-0.15, -0.1) is 0 Å². The van der Waals surface area contributed by atoms with Crippen molar-refractivity contribution in [2.24, 2.45) is 0 Å². The molecule has 172 valence electrons. The molecule has 0 spiro atoms. The zero-order chi connectivity index (χ0) is 23.0. The normalized spacial score (nSPS) is 15.7. The van der Waals surface area contributed by atoms with Gasteiger partial charge in [-0.1, -0.05) is 25.1 Å². The minimum atomic E-state index is -0.283. The van der Waals surface area contributed by atoms with E-state index in [9.17, 15) is 9.18 Å². The number of amides is 1. The summed E-state index contributed by atoms with van der Waals surface area (Å²) in [7, 11) is 0. The van der Waals surface area contributed by atoms with Crippen molar-refractivity contribution >= 4 is 5.91 Å². The fourth-order valence-electron chi connectivity index (χ4n) is 4.14. The number of benzene rings is 2. The number of nitrogens with zero attached hydrogens (tertiary/aromatic N) is 2. The Balaban J connectivity index is 1.26. The molecule has 0 bridgehead atoms. The van der Waals surface area contributed by atoms with Gasteiger partial charge in [-0.3, -0.25) is 14.7 Å². The van der Waals surface area contributed by atoms with Gasteiger partial charge in [0, 0.05) is 31.4 Å². The monoisotopic (exact) mass is 447 g/mol. The molecule has 1 aromatic heterocycles. The molecule has 1 fully saturated rings. The molecule has 1 aliphatic rings. The maximum absolute atomic E-state index is 13.2. The number of carbonyl (C=O) groups excluding carboxylic acids is 1. The van der Waals surface area contributed by atoms with E-state index in [1.807, 2.05) is 37.4 Å². The molecule has 1 saturated heterocycles. The molecule has 2 aromatic carbocycles. The van der Waals surface area contributed by atoms with Gasteiger partial charge in [0.1, 0.15) is 17.7 Å². The highest BCUT2D eigenvalue weighted by atomic mass is 19.1. The molecule has 4 rings (SSSR count). The van der Waals surface area contributed by atoms with Gasteiger partial charge < -0.3 is 10.1 Å². The lowest BCUT2D eigenvalue weighted by molar-refractivity contribution is 0.0933. The van der Waals surface area contributed by atoms with Gasteiger partial charge in [-0.2, -0.15) is 0 Å². The molecule has 0 saturated carbocycles. The lowest BCUT2D eigenvalue weighted by atomic mass is 10.0. The first-order chi connectivity index (χ1) is 16.1. The molecule has 1 atom stereocenters. The standard InChI is InChI=1S/C27H30FN3O2/c1-2-26(20-6-10-22(28)11-7-20)30-27(32)21-8-12-24(13-9-21)33-25-14-17-31(18-15-25)19-23-5-3-4-16-29-23/h3-13,16,25-26H,2,14-15,17-19H2,1H3,(H,30,32)/t26-/m1/s1. The molecule has 5 nitrogen and oxygen atoms in total. The van der Waals surface area contributed by atoms with Gasteiger partial charge in [-0.05, 0) is 73.4 Å². The van der Waals surface area contributed by atoms with Crippen molar-refractivity contribution in [1.82, 2.24) is 15.2 Å². The zero-order valence-corrected chi connectivity index (χ0v) is 18.9. The van der Waals surface area contributed by atoms with E-state index in [-0.39, 0.29) is 23.9 Å². The maximum Gasteiger partial charge on any atom is 0.251 e. The highest BCUT2D eigenvalue weighted by molar-refractivity contribution is 5.94. The topological polar surface area (TPSA) is 54.5 Å². The fourth-order valence-corrected chi connectivity index (χ4v) is 4.14. The van der Waals surface area contributed by atoms with E-state index in [0.717, 1.165) is 55.9 Å². The van der Waals surface area contributed by atoms with Gasteiger partial charge >= 0.3 is 0 Å². The number of pyridine rings is 1. The number of halogens is 1. The van der Waals surface area contributed by atoms with Crippen LogP contribution in [0, 0.1) is 5.82 Å². The first kappa shape index (κ1) is 22.9. The van der Waals surface area contributed by atoms with Crippen LogP contribution < -0.4 is 10.1 Å². The van der Waals surface area contributed by atoms with Crippen LogP contribution >= 0.6 is 0 Å². The summed E-state index contributed by atoms with van der Waals surface area (Å²) in [6, 6.07) is 19.4. The summed E-state index contributed by atoms with van der Waals surface area (Å²) in [4.78, 5) is 19.5. The predicted molar refractivity (Wildman–Crippen MR) is 127 cm³/mol. The van der Waals surface area contributed by atoms with Crippen LogP contribution in [0.4, 0.5) is 4.39 Å². The lowest BCUT2D eigenvalue weighted by Gasteiger charge is -2.31. The quantitative estimate of drug-likeness (QED) is 0.519. The second-order valence-electron chi connectivity index (χ2n) is 8.42. The molecule has 0 aliphatic carbocycles. The number of piperidine rings is 1. The molecule has 2 heterocycles. The SMILES string of the molecule is CC[C@@H](NC(=O)c1ccc(OC2CCN(Cc3ccccn3)CC2)cc1)c1ccc(F)cc1. The van der Waals surface area contributed by atoms with E-state index in [0.29, 0.717) is 5.56 Å². The third-order valence-corrected chi connectivity index (χ3v) is 6.05. The molecule has 33 heavy (non-hydrogen) atoms. The number of rotatable bonds is 8. The van der Waals surface area contributed by atoms with Crippen LogP contribution in [-0.2, 0) is 6.54 Å². The number of nitrogens with one attached hydrogen (secondary N) is 1. The number of aromatic nitrogens is 1. The van der Waals surface area contributed by atoms with Gasteiger partial charge in [0.25, 0.3) is 5.91 Å². The van der Waals surface area contributed by atoms with Gasteiger partial charge in [0.05, 0.1) is 11.7 Å². The van der Waals surface area contributed by atoms with Crippen LogP contribution in [0.15, 0.2) is 72.9 Å². The third-order valence-electron chi connectivity index (χ3n) is 6.05. The Labute approximate surface area is 194 Å². The summed E-state index contributed by atoms with van der Waals surface area (Å²) in [5, 5.41) is 3.03. The molecule has 3 aromatic rings. The number of hydrogen-bond donors (Lipinski definition) is 1. The van der Waals surface area contributed by atoms with Crippen molar-refractivity contribution in [1.29, 1.82) is 0 Å². The number of likely N-dealkylation sites (tertiary alicyclic amines) is 1. The van der Waals surface area contributed by atoms with Gasteiger partial charge in [0.2, 0.25) is 0 Å².